The van der Waals surface area contributed by atoms with E-state index >= 15 is 0 Å². The van der Waals surface area contributed by atoms with Crippen LogP contribution in [0.2, 0.25) is 0 Å². The molecule has 0 bridgehead atoms. The standard InChI is InChI=1S/C13H13F3O/c14-13(15,16)12(10-6-2-1-3-7-10)11-8-4-5-9-17-11/h1-3,6-7H,4-5,8-9H2/b12-11+. The number of hydrogen-bond donors (Lipinski definition) is 0. The van der Waals surface area contributed by atoms with Gasteiger partial charge < -0.3 is 4.74 Å². The van der Waals surface area contributed by atoms with Gasteiger partial charge in [-0.1, -0.05) is 30.3 Å². The van der Waals surface area contributed by atoms with Gasteiger partial charge in [0.25, 0.3) is 0 Å². The predicted octanol–water partition coefficient (Wildman–Crippen LogP) is 4.16. The maximum absolute atomic E-state index is 13.1. The van der Waals surface area contributed by atoms with Crippen molar-refractivity contribution in [2.24, 2.45) is 0 Å². The Morgan fingerprint density at radius 2 is 1.76 bits per heavy atom. The molecule has 0 aromatic heterocycles. The Morgan fingerprint density at radius 3 is 2.29 bits per heavy atom. The summed E-state index contributed by atoms with van der Waals surface area (Å²) in [6.45, 7) is 0.377. The van der Waals surface area contributed by atoms with Gasteiger partial charge in [-0.2, -0.15) is 13.2 Å². The topological polar surface area (TPSA) is 9.23 Å². The maximum Gasteiger partial charge on any atom is 0.420 e. The average molecular weight is 242 g/mol. The number of benzene rings is 1. The molecule has 92 valence electrons. The zero-order valence-electron chi connectivity index (χ0n) is 9.26. The van der Waals surface area contributed by atoms with Crippen molar-refractivity contribution >= 4 is 5.57 Å². The van der Waals surface area contributed by atoms with Gasteiger partial charge in [0.05, 0.1) is 6.61 Å². The van der Waals surface area contributed by atoms with E-state index in [4.69, 9.17) is 4.74 Å². The fourth-order valence-corrected chi connectivity index (χ4v) is 1.94. The van der Waals surface area contributed by atoms with E-state index in [1.807, 2.05) is 0 Å². The highest BCUT2D eigenvalue weighted by atomic mass is 19.4. The fourth-order valence-electron chi connectivity index (χ4n) is 1.94. The second kappa shape index (κ2) is 4.82. The summed E-state index contributed by atoms with van der Waals surface area (Å²) in [7, 11) is 0. The van der Waals surface area contributed by atoms with E-state index in [0.29, 0.717) is 13.0 Å². The Balaban J connectivity index is 2.45. The average Bonchev–Trinajstić information content (AvgIpc) is 2.30. The van der Waals surface area contributed by atoms with Gasteiger partial charge in [-0.3, -0.25) is 0 Å². The zero-order chi connectivity index (χ0) is 12.3. The molecule has 1 aromatic carbocycles. The van der Waals surface area contributed by atoms with Gasteiger partial charge in [0.1, 0.15) is 11.3 Å². The molecule has 1 aromatic rings. The molecule has 1 saturated heterocycles. The van der Waals surface area contributed by atoms with Gasteiger partial charge in [0, 0.05) is 6.42 Å². The van der Waals surface area contributed by atoms with E-state index in [1.54, 1.807) is 18.2 Å². The van der Waals surface area contributed by atoms with Crippen molar-refractivity contribution < 1.29 is 17.9 Å². The summed E-state index contributed by atoms with van der Waals surface area (Å²) in [5.41, 5.74) is -0.449. The van der Waals surface area contributed by atoms with Crippen molar-refractivity contribution in [2.45, 2.75) is 25.4 Å². The number of ether oxygens (including phenoxy) is 1. The molecule has 1 aliphatic rings. The van der Waals surface area contributed by atoms with Crippen LogP contribution in [0.5, 0.6) is 0 Å². The van der Waals surface area contributed by atoms with Gasteiger partial charge in [-0.25, -0.2) is 0 Å². The van der Waals surface area contributed by atoms with Gasteiger partial charge in [0.15, 0.2) is 0 Å². The van der Waals surface area contributed by atoms with E-state index in [2.05, 4.69) is 0 Å². The Kier molecular flexibility index (Phi) is 3.41. The fraction of sp³-hybridized carbons (Fsp3) is 0.385. The molecule has 0 aliphatic carbocycles. The lowest BCUT2D eigenvalue weighted by atomic mass is 10.0. The number of rotatable bonds is 1. The summed E-state index contributed by atoms with van der Waals surface area (Å²) in [5, 5.41) is 0. The third kappa shape index (κ3) is 2.81. The first-order valence-electron chi connectivity index (χ1n) is 5.57. The smallest absolute Gasteiger partial charge is 0.420 e. The largest absolute Gasteiger partial charge is 0.497 e. The van der Waals surface area contributed by atoms with Crippen molar-refractivity contribution in [1.29, 1.82) is 0 Å². The lowest BCUT2D eigenvalue weighted by Gasteiger charge is -2.22. The molecule has 0 atom stereocenters. The summed E-state index contributed by atoms with van der Waals surface area (Å²) in [6.07, 6.45) is -2.43. The quantitative estimate of drug-likeness (QED) is 0.718. The van der Waals surface area contributed by atoms with Crippen LogP contribution in [-0.4, -0.2) is 12.8 Å². The predicted molar refractivity (Wildman–Crippen MR) is 59.2 cm³/mol. The minimum absolute atomic E-state index is 0.0787. The molecule has 0 radical (unpaired) electrons. The number of alkyl halides is 3. The summed E-state index contributed by atoms with van der Waals surface area (Å²) in [4.78, 5) is 0. The highest BCUT2D eigenvalue weighted by molar-refractivity contribution is 5.71. The van der Waals surface area contributed by atoms with Gasteiger partial charge in [-0.15, -0.1) is 0 Å². The summed E-state index contributed by atoms with van der Waals surface area (Å²) in [5.74, 6) is 0.0787. The lowest BCUT2D eigenvalue weighted by molar-refractivity contribution is -0.0719. The molecule has 0 saturated carbocycles. The first-order valence-corrected chi connectivity index (χ1v) is 5.57. The number of halogens is 3. The molecule has 4 heteroatoms. The van der Waals surface area contributed by atoms with Gasteiger partial charge in [-0.05, 0) is 18.4 Å². The minimum Gasteiger partial charge on any atom is -0.497 e. The molecule has 0 spiro atoms. The third-order valence-electron chi connectivity index (χ3n) is 2.70. The van der Waals surface area contributed by atoms with Crippen molar-refractivity contribution in [3.63, 3.8) is 0 Å². The SMILES string of the molecule is FC(F)(F)/C(=C1\CCCCO1)c1ccccc1. The summed E-state index contributed by atoms with van der Waals surface area (Å²) < 4.78 is 44.3. The minimum atomic E-state index is -4.37. The Hall–Kier alpha value is -1.45. The summed E-state index contributed by atoms with van der Waals surface area (Å²) >= 11 is 0. The Labute approximate surface area is 97.9 Å². The number of hydrogen-bond acceptors (Lipinski definition) is 1. The van der Waals surface area contributed by atoms with E-state index < -0.39 is 11.7 Å². The number of allylic oxidation sites excluding steroid dienone is 2. The molecule has 0 N–H and O–H groups in total. The molecular weight excluding hydrogens is 229 g/mol. The highest BCUT2D eigenvalue weighted by Gasteiger charge is 2.38. The molecule has 2 rings (SSSR count). The van der Waals surface area contributed by atoms with Gasteiger partial charge >= 0.3 is 6.18 Å². The molecule has 0 amide bonds. The van der Waals surface area contributed by atoms with Crippen LogP contribution in [-0.2, 0) is 4.74 Å². The van der Waals surface area contributed by atoms with Crippen molar-refractivity contribution in [3.05, 3.63) is 41.7 Å². The van der Waals surface area contributed by atoms with E-state index in [0.717, 1.165) is 12.8 Å². The van der Waals surface area contributed by atoms with Gasteiger partial charge in [0.2, 0.25) is 0 Å². The normalized spacial score (nSPS) is 19.7. The summed E-state index contributed by atoms with van der Waals surface area (Å²) in [6, 6.07) is 7.83. The van der Waals surface area contributed by atoms with Crippen LogP contribution in [0.3, 0.4) is 0 Å². The van der Waals surface area contributed by atoms with E-state index in [1.165, 1.54) is 12.1 Å². The molecule has 1 aliphatic heterocycles. The molecule has 1 heterocycles. The first-order chi connectivity index (χ1) is 8.09. The highest BCUT2D eigenvalue weighted by Crippen LogP contribution is 2.39. The van der Waals surface area contributed by atoms with E-state index in [9.17, 15) is 13.2 Å². The second-order valence-corrected chi connectivity index (χ2v) is 3.97. The Morgan fingerprint density at radius 1 is 1.06 bits per heavy atom. The van der Waals surface area contributed by atoms with Crippen LogP contribution in [0.4, 0.5) is 13.2 Å². The van der Waals surface area contributed by atoms with Crippen molar-refractivity contribution in [3.8, 4) is 0 Å². The van der Waals surface area contributed by atoms with Crippen molar-refractivity contribution in [2.75, 3.05) is 6.61 Å². The monoisotopic (exact) mass is 242 g/mol. The molecule has 0 unspecified atom stereocenters. The Bertz CT molecular complexity index is 398. The second-order valence-electron chi connectivity index (χ2n) is 3.97. The first kappa shape index (κ1) is 12.0. The van der Waals surface area contributed by atoms with E-state index in [-0.39, 0.29) is 11.3 Å². The van der Waals surface area contributed by atoms with Crippen LogP contribution >= 0.6 is 0 Å². The molecule has 1 fully saturated rings. The lowest BCUT2D eigenvalue weighted by Crippen LogP contribution is -2.17. The van der Waals surface area contributed by atoms with Crippen LogP contribution in [0, 0.1) is 0 Å². The zero-order valence-corrected chi connectivity index (χ0v) is 9.26. The maximum atomic E-state index is 13.1. The van der Waals surface area contributed by atoms with Crippen LogP contribution < -0.4 is 0 Å². The van der Waals surface area contributed by atoms with Crippen molar-refractivity contribution in [1.82, 2.24) is 0 Å². The van der Waals surface area contributed by atoms with Crippen LogP contribution in [0.15, 0.2) is 36.1 Å². The molecule has 17 heavy (non-hydrogen) atoms. The molecular formula is C13H13F3O. The third-order valence-corrected chi connectivity index (χ3v) is 2.70. The van der Waals surface area contributed by atoms with Crippen LogP contribution in [0.25, 0.3) is 5.57 Å². The van der Waals surface area contributed by atoms with Crippen LogP contribution in [0.1, 0.15) is 24.8 Å². The molecule has 1 nitrogen and oxygen atoms in total.